The monoisotopic (exact) mass is 322 g/mol. The molecule has 6 heteroatoms. The van der Waals surface area contributed by atoms with Gasteiger partial charge in [0.25, 0.3) is 0 Å². The van der Waals surface area contributed by atoms with Gasteiger partial charge in [-0.1, -0.05) is 28.1 Å². The Kier molecular flexibility index (Phi) is 3.75. The Morgan fingerprint density at radius 3 is 2.44 bits per heavy atom. The third-order valence-electron chi connectivity index (χ3n) is 3.07. The van der Waals surface area contributed by atoms with Crippen LogP contribution in [0.5, 0.6) is 0 Å². The number of nitrogens with zero attached hydrogens (tertiary/aromatic N) is 2. The van der Waals surface area contributed by atoms with Gasteiger partial charge < -0.3 is 9.80 Å². The number of hydrogen-bond donors (Lipinski definition) is 0. The van der Waals surface area contributed by atoms with Crippen molar-refractivity contribution in [1.82, 2.24) is 0 Å². The van der Waals surface area contributed by atoms with Gasteiger partial charge in [-0.25, -0.2) is 0 Å². The van der Waals surface area contributed by atoms with E-state index < -0.39 is 11.0 Å². The first-order valence-electron chi connectivity index (χ1n) is 5.65. The fraction of sp³-hybridized carbons (Fsp3) is 0.500. The highest BCUT2D eigenvalue weighted by molar-refractivity contribution is 9.09. The fourth-order valence-electron chi connectivity index (χ4n) is 2.05. The van der Waals surface area contributed by atoms with E-state index in [1.165, 1.54) is 0 Å². The molecule has 0 aromatic heterocycles. The zero-order chi connectivity index (χ0) is 13.3. The molecule has 0 radical (unpaired) electrons. The van der Waals surface area contributed by atoms with Gasteiger partial charge in [0.1, 0.15) is 4.83 Å². The third-order valence-corrected chi connectivity index (χ3v) is 3.88. The topological polar surface area (TPSA) is 6.48 Å². The zero-order valence-electron chi connectivity index (χ0n) is 9.91. The lowest BCUT2D eigenvalue weighted by atomic mass is 10.1. The molecule has 1 atom stereocenters. The molecule has 2 rings (SSSR count). The van der Waals surface area contributed by atoms with Crippen molar-refractivity contribution in [2.45, 2.75) is 11.0 Å². The smallest absolute Gasteiger partial charge is 0.371 e. The largest absolute Gasteiger partial charge is 0.402 e. The number of para-hydroxylation sites is 2. The molecule has 1 heterocycles. The zero-order valence-corrected chi connectivity index (χ0v) is 11.5. The first-order valence-corrected chi connectivity index (χ1v) is 6.57. The molecule has 100 valence electrons. The van der Waals surface area contributed by atoms with E-state index in [-0.39, 0.29) is 6.54 Å². The molecule has 0 aliphatic carbocycles. The maximum absolute atomic E-state index is 12.6. The Balaban J connectivity index is 2.19. The highest BCUT2D eigenvalue weighted by Gasteiger charge is 2.39. The summed E-state index contributed by atoms with van der Waals surface area (Å²) in [5.41, 5.74) is 1.84. The molecule has 1 unspecified atom stereocenters. The highest BCUT2D eigenvalue weighted by Crippen LogP contribution is 2.34. The van der Waals surface area contributed by atoms with Crippen molar-refractivity contribution < 1.29 is 13.2 Å². The number of rotatable bonds is 2. The molecule has 2 nitrogen and oxygen atoms in total. The van der Waals surface area contributed by atoms with Crippen LogP contribution in [0.3, 0.4) is 0 Å². The molecule has 0 saturated heterocycles. The maximum atomic E-state index is 12.6. The van der Waals surface area contributed by atoms with Crippen LogP contribution in [0.2, 0.25) is 0 Å². The lowest BCUT2D eigenvalue weighted by molar-refractivity contribution is -0.125. The van der Waals surface area contributed by atoms with Gasteiger partial charge in [-0.05, 0) is 12.1 Å². The van der Waals surface area contributed by atoms with Crippen LogP contribution in [0.4, 0.5) is 24.5 Å². The first-order chi connectivity index (χ1) is 8.39. The van der Waals surface area contributed by atoms with E-state index >= 15 is 0 Å². The van der Waals surface area contributed by atoms with Gasteiger partial charge >= 0.3 is 6.18 Å². The number of halogens is 4. The van der Waals surface area contributed by atoms with Crippen LogP contribution in [0, 0.1) is 0 Å². The van der Waals surface area contributed by atoms with Gasteiger partial charge in [-0.2, -0.15) is 13.2 Å². The summed E-state index contributed by atoms with van der Waals surface area (Å²) in [6.07, 6.45) is -4.21. The van der Waals surface area contributed by atoms with E-state index in [1.54, 1.807) is 4.90 Å². The van der Waals surface area contributed by atoms with Crippen LogP contribution in [0.15, 0.2) is 24.3 Å². The lowest BCUT2D eigenvalue weighted by Crippen LogP contribution is -2.44. The van der Waals surface area contributed by atoms with Gasteiger partial charge in [0.15, 0.2) is 0 Å². The van der Waals surface area contributed by atoms with Crippen molar-refractivity contribution in [3.63, 3.8) is 0 Å². The molecule has 0 bridgehead atoms. The minimum Gasteiger partial charge on any atom is -0.371 e. The van der Waals surface area contributed by atoms with Crippen molar-refractivity contribution in [2.75, 3.05) is 36.5 Å². The average Bonchev–Trinajstić information content (AvgIpc) is 2.32. The van der Waals surface area contributed by atoms with Crippen LogP contribution in [-0.4, -0.2) is 37.7 Å². The van der Waals surface area contributed by atoms with Gasteiger partial charge in [0.2, 0.25) is 0 Å². The molecule has 1 aliphatic heterocycles. The second-order valence-corrected chi connectivity index (χ2v) is 5.47. The maximum Gasteiger partial charge on any atom is 0.402 e. The van der Waals surface area contributed by atoms with E-state index in [9.17, 15) is 13.2 Å². The number of fused-ring (bicyclic) bond motifs is 1. The summed E-state index contributed by atoms with van der Waals surface area (Å²) in [4.78, 5) is 2.34. The van der Waals surface area contributed by atoms with Crippen molar-refractivity contribution in [3.8, 4) is 0 Å². The Morgan fingerprint density at radius 1 is 1.22 bits per heavy atom. The van der Waals surface area contributed by atoms with Crippen molar-refractivity contribution in [3.05, 3.63) is 24.3 Å². The number of likely N-dealkylation sites (N-methyl/N-ethyl adjacent to an activating group) is 1. The minimum atomic E-state index is -4.21. The highest BCUT2D eigenvalue weighted by atomic mass is 79.9. The Labute approximate surface area is 112 Å². The van der Waals surface area contributed by atoms with E-state index in [0.29, 0.717) is 6.54 Å². The summed E-state index contributed by atoms with van der Waals surface area (Å²) in [5, 5.41) is 0. The number of hydrogen-bond acceptors (Lipinski definition) is 2. The van der Waals surface area contributed by atoms with Crippen LogP contribution in [0.25, 0.3) is 0 Å². The lowest BCUT2D eigenvalue weighted by Gasteiger charge is -2.38. The Hall–Kier alpha value is -0.910. The van der Waals surface area contributed by atoms with E-state index in [1.807, 2.05) is 31.3 Å². The molecule has 1 aliphatic rings. The van der Waals surface area contributed by atoms with Gasteiger partial charge in [0, 0.05) is 26.7 Å². The van der Waals surface area contributed by atoms with Gasteiger partial charge in [-0.15, -0.1) is 0 Å². The van der Waals surface area contributed by atoms with Crippen molar-refractivity contribution >= 4 is 27.3 Å². The molecule has 0 N–H and O–H groups in total. The summed E-state index contributed by atoms with van der Waals surface area (Å²) in [6, 6.07) is 7.54. The van der Waals surface area contributed by atoms with Crippen LogP contribution in [0.1, 0.15) is 0 Å². The summed E-state index contributed by atoms with van der Waals surface area (Å²) in [6.45, 7) is 1.27. The summed E-state index contributed by atoms with van der Waals surface area (Å²) >= 11 is 2.72. The standard InChI is InChI=1S/C12H14BrF3N2/c1-17-6-7-18(8-11(13)12(14,15)16)10-5-3-2-4-9(10)17/h2-5,11H,6-8H2,1H3. The van der Waals surface area contributed by atoms with Crippen molar-refractivity contribution in [2.24, 2.45) is 0 Å². The van der Waals surface area contributed by atoms with Crippen LogP contribution < -0.4 is 9.80 Å². The average molecular weight is 323 g/mol. The molecular formula is C12H14BrF3N2. The van der Waals surface area contributed by atoms with Crippen molar-refractivity contribution in [1.29, 1.82) is 0 Å². The van der Waals surface area contributed by atoms with E-state index in [2.05, 4.69) is 20.8 Å². The minimum absolute atomic E-state index is 0.0612. The first kappa shape index (κ1) is 13.5. The van der Waals surface area contributed by atoms with Gasteiger partial charge in [0.05, 0.1) is 11.4 Å². The van der Waals surface area contributed by atoms with Crippen LogP contribution in [-0.2, 0) is 0 Å². The number of alkyl halides is 4. The Bertz CT molecular complexity index is 422. The quantitative estimate of drug-likeness (QED) is 0.771. The summed E-state index contributed by atoms with van der Waals surface area (Å²) in [7, 11) is 1.95. The molecule has 0 amide bonds. The molecule has 0 fully saturated rings. The number of benzene rings is 1. The third kappa shape index (κ3) is 2.74. The van der Waals surface area contributed by atoms with E-state index in [0.717, 1.165) is 17.9 Å². The fourth-order valence-corrected chi connectivity index (χ4v) is 2.40. The van der Waals surface area contributed by atoms with Gasteiger partial charge in [-0.3, -0.25) is 0 Å². The normalized spacial score (nSPS) is 17.6. The molecular weight excluding hydrogens is 309 g/mol. The molecule has 1 aromatic carbocycles. The SMILES string of the molecule is CN1CCN(CC(Br)C(F)(F)F)c2ccccc21. The predicted octanol–water partition coefficient (Wildman–Crippen LogP) is 3.27. The molecule has 18 heavy (non-hydrogen) atoms. The predicted molar refractivity (Wildman–Crippen MR) is 70.7 cm³/mol. The molecule has 0 saturated carbocycles. The summed E-state index contributed by atoms with van der Waals surface area (Å²) in [5.74, 6) is 0. The second-order valence-electron chi connectivity index (χ2n) is 4.37. The number of anilines is 2. The van der Waals surface area contributed by atoms with Crippen LogP contribution >= 0.6 is 15.9 Å². The molecule has 1 aromatic rings. The van der Waals surface area contributed by atoms with E-state index in [4.69, 9.17) is 0 Å². The second kappa shape index (κ2) is 4.99. The summed E-state index contributed by atoms with van der Waals surface area (Å²) < 4.78 is 37.7. The Morgan fingerprint density at radius 2 is 1.83 bits per heavy atom. The molecule has 0 spiro atoms.